The second-order valence-electron chi connectivity index (χ2n) is 6.61. The first-order valence-corrected chi connectivity index (χ1v) is 8.50. The number of hydrogen-bond donors (Lipinski definition) is 1. The predicted octanol–water partition coefficient (Wildman–Crippen LogP) is 3.62. The molecule has 1 unspecified atom stereocenters. The van der Waals surface area contributed by atoms with E-state index < -0.39 is 5.97 Å². The van der Waals surface area contributed by atoms with E-state index in [1.54, 1.807) is 0 Å². The maximum atomic E-state index is 10.8. The van der Waals surface area contributed by atoms with Gasteiger partial charge < -0.3 is 9.67 Å². The third-order valence-corrected chi connectivity index (χ3v) is 4.64. The molecule has 1 saturated heterocycles. The van der Waals surface area contributed by atoms with Crippen molar-refractivity contribution in [1.82, 2.24) is 14.5 Å². The summed E-state index contributed by atoms with van der Waals surface area (Å²) in [5.41, 5.74) is 2.24. The van der Waals surface area contributed by atoms with Crippen LogP contribution in [0.25, 0.3) is 11.0 Å². The monoisotopic (exact) mass is 315 g/mol. The van der Waals surface area contributed by atoms with E-state index in [0.717, 1.165) is 37.3 Å². The van der Waals surface area contributed by atoms with Crippen LogP contribution in [-0.2, 0) is 4.79 Å². The number of imidazole rings is 1. The third kappa shape index (κ3) is 3.24. The van der Waals surface area contributed by atoms with Crippen molar-refractivity contribution in [1.29, 1.82) is 0 Å². The molecule has 0 amide bonds. The van der Waals surface area contributed by atoms with Crippen LogP contribution in [0, 0.1) is 0 Å². The molecule has 2 heterocycles. The maximum absolute atomic E-state index is 10.8. The fourth-order valence-electron chi connectivity index (χ4n) is 3.66. The van der Waals surface area contributed by atoms with E-state index in [0.29, 0.717) is 18.5 Å². The summed E-state index contributed by atoms with van der Waals surface area (Å²) < 4.78 is 2.34. The average Bonchev–Trinajstić information content (AvgIpc) is 3.09. The summed E-state index contributed by atoms with van der Waals surface area (Å²) in [6.45, 7) is 6.26. The Labute approximate surface area is 136 Å². The number of para-hydroxylation sites is 2. The van der Waals surface area contributed by atoms with E-state index >= 15 is 0 Å². The van der Waals surface area contributed by atoms with Gasteiger partial charge in [0.15, 0.2) is 0 Å². The highest BCUT2D eigenvalue weighted by Gasteiger charge is 2.30. The Morgan fingerprint density at radius 3 is 2.91 bits per heavy atom. The minimum Gasteiger partial charge on any atom is -0.481 e. The molecule has 5 heteroatoms. The normalized spacial score (nSPS) is 19.0. The number of carboxylic acid groups (broad SMARTS) is 1. The van der Waals surface area contributed by atoms with Crippen LogP contribution >= 0.6 is 0 Å². The van der Waals surface area contributed by atoms with Crippen molar-refractivity contribution in [3.63, 3.8) is 0 Å². The van der Waals surface area contributed by atoms with Crippen LogP contribution in [0.1, 0.15) is 57.4 Å². The van der Waals surface area contributed by atoms with Crippen LogP contribution in [0.3, 0.4) is 0 Å². The first-order valence-electron chi connectivity index (χ1n) is 8.50. The Morgan fingerprint density at radius 2 is 2.17 bits per heavy atom. The molecule has 1 N–H and O–H groups in total. The Balaban J connectivity index is 1.89. The molecule has 3 rings (SSSR count). The van der Waals surface area contributed by atoms with E-state index in [4.69, 9.17) is 10.1 Å². The third-order valence-electron chi connectivity index (χ3n) is 4.64. The van der Waals surface area contributed by atoms with Crippen molar-refractivity contribution in [2.45, 2.75) is 51.6 Å². The standard InChI is InChI=1S/C18H25N3O2/c1-13(2)21-15-8-4-3-7-14(15)19-18(21)16-9-5-11-20(16)12-6-10-17(22)23/h3-4,7-8,13,16H,5-6,9-12H2,1-2H3,(H,22,23). The first-order chi connectivity index (χ1) is 11.1. The van der Waals surface area contributed by atoms with Gasteiger partial charge in [0.1, 0.15) is 5.82 Å². The molecule has 1 aromatic carbocycles. The molecule has 124 valence electrons. The fourth-order valence-corrected chi connectivity index (χ4v) is 3.66. The molecule has 5 nitrogen and oxygen atoms in total. The zero-order valence-corrected chi connectivity index (χ0v) is 13.9. The molecule has 0 radical (unpaired) electrons. The lowest BCUT2D eigenvalue weighted by molar-refractivity contribution is -0.137. The van der Waals surface area contributed by atoms with Gasteiger partial charge in [0.2, 0.25) is 0 Å². The number of carboxylic acids is 1. The highest BCUT2D eigenvalue weighted by atomic mass is 16.4. The molecule has 0 saturated carbocycles. The average molecular weight is 315 g/mol. The number of benzene rings is 1. The largest absolute Gasteiger partial charge is 0.481 e. The first kappa shape index (κ1) is 16.0. The highest BCUT2D eigenvalue weighted by molar-refractivity contribution is 5.76. The van der Waals surface area contributed by atoms with Crippen LogP contribution < -0.4 is 0 Å². The van der Waals surface area contributed by atoms with Crippen LogP contribution in [0.5, 0.6) is 0 Å². The quantitative estimate of drug-likeness (QED) is 0.884. The number of aromatic nitrogens is 2. The van der Waals surface area contributed by atoms with Gasteiger partial charge in [-0.3, -0.25) is 9.69 Å². The number of nitrogens with zero attached hydrogens (tertiary/aromatic N) is 3. The van der Waals surface area contributed by atoms with Crippen molar-refractivity contribution in [3.05, 3.63) is 30.1 Å². The zero-order chi connectivity index (χ0) is 16.4. The minimum absolute atomic E-state index is 0.240. The van der Waals surface area contributed by atoms with Gasteiger partial charge in [-0.05, 0) is 58.3 Å². The lowest BCUT2D eigenvalue weighted by Crippen LogP contribution is -2.27. The van der Waals surface area contributed by atoms with Crippen molar-refractivity contribution < 1.29 is 9.90 Å². The SMILES string of the molecule is CC(C)n1c(C2CCCN2CCCC(=O)O)nc2ccccc21. The molecule has 1 aromatic heterocycles. The summed E-state index contributed by atoms with van der Waals surface area (Å²) in [6, 6.07) is 8.96. The number of rotatable bonds is 6. The summed E-state index contributed by atoms with van der Waals surface area (Å²) in [5, 5.41) is 8.85. The van der Waals surface area contributed by atoms with Gasteiger partial charge >= 0.3 is 5.97 Å². The number of hydrogen-bond acceptors (Lipinski definition) is 3. The van der Waals surface area contributed by atoms with Gasteiger partial charge in [-0.25, -0.2) is 4.98 Å². The molecule has 1 fully saturated rings. The van der Waals surface area contributed by atoms with E-state index in [1.807, 2.05) is 6.07 Å². The summed E-state index contributed by atoms with van der Waals surface area (Å²) in [7, 11) is 0. The van der Waals surface area contributed by atoms with Gasteiger partial charge in [0.25, 0.3) is 0 Å². The van der Waals surface area contributed by atoms with Gasteiger partial charge in [0, 0.05) is 12.5 Å². The van der Waals surface area contributed by atoms with Gasteiger partial charge in [-0.15, -0.1) is 0 Å². The van der Waals surface area contributed by atoms with E-state index in [1.165, 1.54) is 5.52 Å². The number of aliphatic carboxylic acids is 1. The molecule has 1 aliphatic heterocycles. The Bertz CT molecular complexity index is 693. The summed E-state index contributed by atoms with van der Waals surface area (Å²) in [5.74, 6) is 0.421. The Morgan fingerprint density at radius 1 is 1.39 bits per heavy atom. The lowest BCUT2D eigenvalue weighted by Gasteiger charge is -2.25. The van der Waals surface area contributed by atoms with Crippen molar-refractivity contribution in [2.24, 2.45) is 0 Å². The maximum Gasteiger partial charge on any atom is 0.303 e. The Kier molecular flexibility index (Phi) is 4.66. The smallest absolute Gasteiger partial charge is 0.303 e. The molecule has 1 aliphatic rings. The summed E-state index contributed by atoms with van der Waals surface area (Å²) in [4.78, 5) is 18.1. The molecule has 0 aliphatic carbocycles. The Hall–Kier alpha value is -1.88. The minimum atomic E-state index is -0.713. The van der Waals surface area contributed by atoms with E-state index in [9.17, 15) is 4.79 Å². The van der Waals surface area contributed by atoms with Gasteiger partial charge in [0.05, 0.1) is 17.1 Å². The molecule has 23 heavy (non-hydrogen) atoms. The summed E-state index contributed by atoms with van der Waals surface area (Å²) >= 11 is 0. The van der Waals surface area contributed by atoms with Gasteiger partial charge in [-0.2, -0.15) is 0 Å². The van der Waals surface area contributed by atoms with Crippen LogP contribution in [0.2, 0.25) is 0 Å². The molecular weight excluding hydrogens is 290 g/mol. The second kappa shape index (κ2) is 6.71. The number of likely N-dealkylation sites (tertiary alicyclic amines) is 1. The van der Waals surface area contributed by atoms with Crippen molar-refractivity contribution in [3.8, 4) is 0 Å². The highest BCUT2D eigenvalue weighted by Crippen LogP contribution is 2.35. The van der Waals surface area contributed by atoms with E-state index in [-0.39, 0.29) is 6.42 Å². The van der Waals surface area contributed by atoms with Crippen molar-refractivity contribution in [2.75, 3.05) is 13.1 Å². The molecule has 0 spiro atoms. The number of fused-ring (bicyclic) bond motifs is 1. The molecular formula is C18H25N3O2. The van der Waals surface area contributed by atoms with E-state index in [2.05, 4.69) is 41.5 Å². The molecule has 0 bridgehead atoms. The number of carbonyl (C=O) groups is 1. The predicted molar refractivity (Wildman–Crippen MR) is 90.5 cm³/mol. The van der Waals surface area contributed by atoms with Gasteiger partial charge in [-0.1, -0.05) is 12.1 Å². The topological polar surface area (TPSA) is 58.4 Å². The molecule has 2 aromatic rings. The van der Waals surface area contributed by atoms with Crippen LogP contribution in [0.4, 0.5) is 0 Å². The lowest BCUT2D eigenvalue weighted by atomic mass is 10.2. The zero-order valence-electron chi connectivity index (χ0n) is 13.9. The fraction of sp³-hybridized carbons (Fsp3) is 0.556. The summed E-state index contributed by atoms with van der Waals surface area (Å²) in [6.07, 6.45) is 3.19. The van der Waals surface area contributed by atoms with Crippen molar-refractivity contribution >= 4 is 17.0 Å². The van der Waals surface area contributed by atoms with Crippen LogP contribution in [0.15, 0.2) is 24.3 Å². The van der Waals surface area contributed by atoms with Crippen LogP contribution in [-0.4, -0.2) is 38.6 Å². The molecule has 1 atom stereocenters. The second-order valence-corrected chi connectivity index (χ2v) is 6.61.